The molecule has 0 N–H and O–H groups in total. The molecule has 3 rings (SSSR count). The van der Waals surface area contributed by atoms with Crippen molar-refractivity contribution in [3.63, 3.8) is 0 Å². The molecule has 0 bridgehead atoms. The Kier molecular flexibility index (Phi) is 3.39. The fourth-order valence-electron chi connectivity index (χ4n) is 3.44. The Morgan fingerprint density at radius 1 is 1.30 bits per heavy atom. The van der Waals surface area contributed by atoms with Crippen molar-refractivity contribution in [2.24, 2.45) is 11.3 Å². The number of Topliss-reactive ketones (excluding diaryl/α,β-unsaturated/α-hetero) is 1. The van der Waals surface area contributed by atoms with Crippen LogP contribution >= 0.6 is 11.3 Å². The molecule has 0 amide bonds. The molecule has 1 saturated heterocycles. The number of rotatable bonds is 1. The number of thiazole rings is 1. The predicted molar refractivity (Wildman–Crippen MR) is 83.8 cm³/mol. The Hall–Kier alpha value is -0.900. The van der Waals surface area contributed by atoms with Gasteiger partial charge in [0.25, 0.3) is 0 Å². The number of hydrogen-bond donors (Lipinski definition) is 0. The Balaban J connectivity index is 1.92. The van der Waals surface area contributed by atoms with E-state index in [2.05, 4.69) is 32.6 Å². The van der Waals surface area contributed by atoms with Gasteiger partial charge in [-0.05, 0) is 37.5 Å². The molecular formula is C16H24N2OS. The molecule has 2 atom stereocenters. The van der Waals surface area contributed by atoms with E-state index in [4.69, 9.17) is 4.98 Å². The van der Waals surface area contributed by atoms with Gasteiger partial charge in [0.05, 0.1) is 10.6 Å². The van der Waals surface area contributed by atoms with Crippen LogP contribution in [0.25, 0.3) is 0 Å². The van der Waals surface area contributed by atoms with Gasteiger partial charge in [0, 0.05) is 19.0 Å². The normalized spacial score (nSPS) is 29.4. The van der Waals surface area contributed by atoms with E-state index in [1.165, 1.54) is 12.8 Å². The second-order valence-corrected chi connectivity index (χ2v) is 8.24. The van der Waals surface area contributed by atoms with E-state index in [-0.39, 0.29) is 11.2 Å². The van der Waals surface area contributed by atoms with Crippen molar-refractivity contribution >= 4 is 22.3 Å². The smallest absolute Gasteiger partial charge is 0.186 e. The highest BCUT2D eigenvalue weighted by atomic mass is 32.1. The topological polar surface area (TPSA) is 33.2 Å². The van der Waals surface area contributed by atoms with E-state index in [1.807, 2.05) is 0 Å². The van der Waals surface area contributed by atoms with Crippen molar-refractivity contribution in [2.75, 3.05) is 11.4 Å². The van der Waals surface area contributed by atoms with Gasteiger partial charge in [-0.25, -0.2) is 4.98 Å². The SMILES string of the molecule is CC1CCCN(c2nc3c(s2)C(=O)CC(C)(C)C3)C1C. The summed E-state index contributed by atoms with van der Waals surface area (Å²) >= 11 is 1.62. The predicted octanol–water partition coefficient (Wildman–Crippen LogP) is 3.92. The van der Waals surface area contributed by atoms with Crippen molar-refractivity contribution in [1.29, 1.82) is 0 Å². The first kappa shape index (κ1) is 14.1. The lowest BCUT2D eigenvalue weighted by atomic mass is 9.78. The van der Waals surface area contributed by atoms with Crippen molar-refractivity contribution in [3.8, 4) is 0 Å². The first-order chi connectivity index (χ1) is 9.37. The molecule has 1 aromatic heterocycles. The minimum Gasteiger partial charge on any atom is -0.345 e. The summed E-state index contributed by atoms with van der Waals surface area (Å²) in [5.74, 6) is 0.995. The number of piperidine rings is 1. The number of carbonyl (C=O) groups is 1. The van der Waals surface area contributed by atoms with Crippen molar-refractivity contribution < 1.29 is 4.79 Å². The van der Waals surface area contributed by atoms with Gasteiger partial charge in [-0.15, -0.1) is 0 Å². The minimum atomic E-state index is 0.0657. The van der Waals surface area contributed by atoms with Crippen LogP contribution in [0, 0.1) is 11.3 Å². The summed E-state index contributed by atoms with van der Waals surface area (Å²) in [5, 5.41) is 1.07. The molecule has 2 aliphatic rings. The summed E-state index contributed by atoms with van der Waals surface area (Å²) in [7, 11) is 0. The molecule has 0 radical (unpaired) electrons. The molecule has 1 aliphatic heterocycles. The van der Waals surface area contributed by atoms with Crippen LogP contribution < -0.4 is 4.90 Å². The lowest BCUT2D eigenvalue weighted by Crippen LogP contribution is -2.42. The average molecular weight is 292 g/mol. The Morgan fingerprint density at radius 2 is 2.05 bits per heavy atom. The van der Waals surface area contributed by atoms with Crippen molar-refractivity contribution in [1.82, 2.24) is 4.98 Å². The molecule has 110 valence electrons. The summed E-state index contributed by atoms with van der Waals surface area (Å²) in [4.78, 5) is 20.5. The summed E-state index contributed by atoms with van der Waals surface area (Å²) in [6.07, 6.45) is 4.12. The van der Waals surface area contributed by atoms with Crippen LogP contribution in [0.2, 0.25) is 0 Å². The molecule has 4 heteroatoms. The van der Waals surface area contributed by atoms with Gasteiger partial charge in [0.2, 0.25) is 0 Å². The van der Waals surface area contributed by atoms with E-state index in [0.29, 0.717) is 18.4 Å². The van der Waals surface area contributed by atoms with Gasteiger partial charge >= 0.3 is 0 Å². The minimum absolute atomic E-state index is 0.0657. The third kappa shape index (κ3) is 2.39. The van der Waals surface area contributed by atoms with Gasteiger partial charge in [-0.1, -0.05) is 32.1 Å². The number of fused-ring (bicyclic) bond motifs is 1. The second-order valence-electron chi connectivity index (χ2n) is 7.27. The zero-order chi connectivity index (χ0) is 14.5. The molecule has 1 aliphatic carbocycles. The number of hydrogen-bond acceptors (Lipinski definition) is 4. The molecule has 0 saturated carbocycles. The van der Waals surface area contributed by atoms with Crippen LogP contribution in [0.15, 0.2) is 0 Å². The molecule has 2 unspecified atom stereocenters. The summed E-state index contributed by atoms with van der Waals surface area (Å²) in [6, 6.07) is 0.527. The van der Waals surface area contributed by atoms with Crippen LogP contribution in [0.5, 0.6) is 0 Å². The molecule has 0 spiro atoms. The number of carbonyl (C=O) groups excluding carboxylic acids is 1. The Labute approximate surface area is 125 Å². The maximum Gasteiger partial charge on any atom is 0.186 e. The molecule has 20 heavy (non-hydrogen) atoms. The third-order valence-electron chi connectivity index (χ3n) is 4.84. The highest BCUT2D eigenvalue weighted by Gasteiger charge is 2.35. The van der Waals surface area contributed by atoms with E-state index >= 15 is 0 Å². The molecular weight excluding hydrogens is 268 g/mol. The van der Waals surface area contributed by atoms with E-state index in [1.54, 1.807) is 11.3 Å². The summed E-state index contributed by atoms with van der Waals surface area (Å²) in [5.41, 5.74) is 1.10. The highest BCUT2D eigenvalue weighted by molar-refractivity contribution is 7.17. The standard InChI is InChI=1S/C16H24N2OS/c1-10-6-5-7-18(11(10)2)15-17-12-8-16(3,4)9-13(19)14(12)20-15/h10-11H,5-9H2,1-4H3. The maximum absolute atomic E-state index is 12.3. The van der Waals surface area contributed by atoms with E-state index in [9.17, 15) is 4.79 Å². The van der Waals surface area contributed by atoms with Crippen LogP contribution in [-0.2, 0) is 6.42 Å². The van der Waals surface area contributed by atoms with Gasteiger partial charge in [-0.2, -0.15) is 0 Å². The quantitative estimate of drug-likeness (QED) is 0.786. The van der Waals surface area contributed by atoms with E-state index < -0.39 is 0 Å². The van der Waals surface area contributed by atoms with Gasteiger partial charge in [0.15, 0.2) is 10.9 Å². The number of ketones is 1. The van der Waals surface area contributed by atoms with Crippen molar-refractivity contribution in [2.45, 2.75) is 59.4 Å². The van der Waals surface area contributed by atoms with E-state index in [0.717, 1.165) is 28.7 Å². The number of anilines is 1. The summed E-state index contributed by atoms with van der Waals surface area (Å²) < 4.78 is 0. The highest BCUT2D eigenvalue weighted by Crippen LogP contribution is 2.40. The van der Waals surface area contributed by atoms with Crippen LogP contribution in [0.1, 0.15) is 62.3 Å². The largest absolute Gasteiger partial charge is 0.345 e. The summed E-state index contributed by atoms with van der Waals surface area (Å²) in [6.45, 7) is 10.0. The number of aromatic nitrogens is 1. The lowest BCUT2D eigenvalue weighted by molar-refractivity contribution is 0.0916. The first-order valence-corrected chi connectivity index (χ1v) is 8.48. The molecule has 1 fully saturated rings. The number of nitrogens with zero attached hydrogens (tertiary/aromatic N) is 2. The van der Waals surface area contributed by atoms with Gasteiger partial charge in [0.1, 0.15) is 0 Å². The Bertz CT molecular complexity index is 535. The monoisotopic (exact) mass is 292 g/mol. The second kappa shape index (κ2) is 4.83. The molecule has 0 aromatic carbocycles. The molecule has 3 nitrogen and oxygen atoms in total. The average Bonchev–Trinajstić information content (AvgIpc) is 2.75. The van der Waals surface area contributed by atoms with Gasteiger partial charge < -0.3 is 4.90 Å². The first-order valence-electron chi connectivity index (χ1n) is 7.67. The zero-order valence-electron chi connectivity index (χ0n) is 12.9. The lowest BCUT2D eigenvalue weighted by Gasteiger charge is -2.37. The molecule has 2 heterocycles. The Morgan fingerprint density at radius 3 is 2.80 bits per heavy atom. The fraction of sp³-hybridized carbons (Fsp3) is 0.750. The fourth-order valence-corrected chi connectivity index (χ4v) is 4.57. The zero-order valence-corrected chi connectivity index (χ0v) is 13.7. The van der Waals surface area contributed by atoms with Crippen LogP contribution in [0.3, 0.4) is 0 Å². The van der Waals surface area contributed by atoms with Crippen LogP contribution in [0.4, 0.5) is 5.13 Å². The van der Waals surface area contributed by atoms with Gasteiger partial charge in [-0.3, -0.25) is 4.79 Å². The third-order valence-corrected chi connectivity index (χ3v) is 6.02. The molecule has 1 aromatic rings. The van der Waals surface area contributed by atoms with Crippen LogP contribution in [-0.4, -0.2) is 23.4 Å². The maximum atomic E-state index is 12.3. The van der Waals surface area contributed by atoms with Crippen molar-refractivity contribution in [3.05, 3.63) is 10.6 Å².